The lowest BCUT2D eigenvalue weighted by Gasteiger charge is -2.28. The predicted octanol–water partition coefficient (Wildman–Crippen LogP) is 3.91. The third-order valence-corrected chi connectivity index (χ3v) is 4.96. The molecule has 0 fully saturated rings. The molecule has 1 amide bonds. The van der Waals surface area contributed by atoms with Crippen molar-refractivity contribution in [2.75, 3.05) is 10.6 Å². The van der Waals surface area contributed by atoms with Crippen molar-refractivity contribution >= 4 is 40.7 Å². The van der Waals surface area contributed by atoms with Gasteiger partial charge < -0.3 is 10.6 Å². The number of pyridine rings is 1. The fraction of sp³-hybridized carbons (Fsp3) is 0.111. The molecule has 0 radical (unpaired) electrons. The minimum absolute atomic E-state index is 0.273. The predicted molar refractivity (Wildman–Crippen MR) is 104 cm³/mol. The number of allylic oxidation sites excluding steroid dienone is 1. The molecule has 27 heavy (non-hydrogen) atoms. The molecule has 2 N–H and O–H groups in total. The van der Waals surface area contributed by atoms with Crippen LogP contribution in [-0.4, -0.2) is 25.7 Å². The topological polar surface area (TPSA) is 84.7 Å². The molecule has 0 bridgehead atoms. The molecule has 1 aliphatic heterocycles. The Kier molecular flexibility index (Phi) is 4.55. The summed E-state index contributed by atoms with van der Waals surface area (Å²) in [6, 6.07) is 8.27. The number of benzene rings is 1. The molecular weight excluding hydrogens is 387 g/mol. The first kappa shape index (κ1) is 17.5. The van der Waals surface area contributed by atoms with Crippen LogP contribution in [0.4, 0.5) is 11.6 Å². The minimum Gasteiger partial charge on any atom is -0.328 e. The van der Waals surface area contributed by atoms with Crippen molar-refractivity contribution < 1.29 is 4.79 Å². The minimum atomic E-state index is -0.504. The van der Waals surface area contributed by atoms with Gasteiger partial charge in [0.1, 0.15) is 12.4 Å². The molecule has 1 atom stereocenters. The highest BCUT2D eigenvalue weighted by atomic mass is 35.5. The van der Waals surface area contributed by atoms with Gasteiger partial charge in [0.15, 0.2) is 0 Å². The second-order valence-electron chi connectivity index (χ2n) is 5.96. The summed E-state index contributed by atoms with van der Waals surface area (Å²) >= 11 is 12.3. The SMILES string of the molecule is CC1=C(C(=O)Nc2cccnc2)[C@@H](c2ccc(Cl)c(Cl)c2)n2ncnc2N1. The normalized spacial score (nSPS) is 15.9. The van der Waals surface area contributed by atoms with E-state index in [4.69, 9.17) is 23.2 Å². The lowest BCUT2D eigenvalue weighted by atomic mass is 9.95. The van der Waals surface area contributed by atoms with E-state index in [0.717, 1.165) is 5.56 Å². The molecular formula is C18H14Cl2N6O. The third kappa shape index (κ3) is 3.27. The van der Waals surface area contributed by atoms with Crippen LogP contribution >= 0.6 is 23.2 Å². The number of hydrogen-bond donors (Lipinski definition) is 2. The maximum atomic E-state index is 13.1. The highest BCUT2D eigenvalue weighted by Crippen LogP contribution is 2.37. The van der Waals surface area contributed by atoms with Crippen molar-refractivity contribution in [2.24, 2.45) is 0 Å². The van der Waals surface area contributed by atoms with E-state index in [0.29, 0.717) is 33.0 Å². The lowest BCUT2D eigenvalue weighted by Crippen LogP contribution is -2.31. The van der Waals surface area contributed by atoms with Gasteiger partial charge in [-0.05, 0) is 36.8 Å². The Morgan fingerprint density at radius 2 is 2.11 bits per heavy atom. The van der Waals surface area contributed by atoms with Gasteiger partial charge in [0.05, 0.1) is 27.5 Å². The highest BCUT2D eigenvalue weighted by molar-refractivity contribution is 6.42. The molecule has 0 saturated carbocycles. The van der Waals surface area contributed by atoms with Gasteiger partial charge in [0.25, 0.3) is 5.91 Å². The molecule has 0 spiro atoms. The van der Waals surface area contributed by atoms with Crippen LogP contribution in [0.1, 0.15) is 18.5 Å². The molecule has 4 rings (SSSR count). The van der Waals surface area contributed by atoms with E-state index in [1.807, 2.05) is 13.0 Å². The summed E-state index contributed by atoms with van der Waals surface area (Å²) in [4.78, 5) is 21.3. The van der Waals surface area contributed by atoms with E-state index in [-0.39, 0.29) is 5.91 Å². The summed E-state index contributed by atoms with van der Waals surface area (Å²) in [7, 11) is 0. The largest absolute Gasteiger partial charge is 0.328 e. The Morgan fingerprint density at radius 1 is 1.26 bits per heavy atom. The van der Waals surface area contributed by atoms with Gasteiger partial charge in [0.2, 0.25) is 5.95 Å². The first-order valence-electron chi connectivity index (χ1n) is 8.08. The smallest absolute Gasteiger partial charge is 0.255 e. The van der Waals surface area contributed by atoms with Gasteiger partial charge >= 0.3 is 0 Å². The summed E-state index contributed by atoms with van der Waals surface area (Å²) < 4.78 is 1.64. The fourth-order valence-corrected chi connectivity index (χ4v) is 3.32. The van der Waals surface area contributed by atoms with E-state index in [9.17, 15) is 4.79 Å². The summed E-state index contributed by atoms with van der Waals surface area (Å²) in [5.41, 5.74) is 2.54. The van der Waals surface area contributed by atoms with Gasteiger partial charge in [-0.2, -0.15) is 10.1 Å². The molecule has 2 aromatic heterocycles. The Morgan fingerprint density at radius 3 is 2.85 bits per heavy atom. The number of amides is 1. The second-order valence-corrected chi connectivity index (χ2v) is 6.78. The van der Waals surface area contributed by atoms with Crippen LogP contribution in [0.3, 0.4) is 0 Å². The summed E-state index contributed by atoms with van der Waals surface area (Å²) in [5, 5.41) is 11.1. The first-order valence-corrected chi connectivity index (χ1v) is 8.84. The van der Waals surface area contributed by atoms with E-state index in [1.54, 1.807) is 41.3 Å². The molecule has 0 saturated heterocycles. The number of carbonyl (C=O) groups is 1. The first-order chi connectivity index (χ1) is 13.0. The van der Waals surface area contributed by atoms with Gasteiger partial charge in [-0.1, -0.05) is 29.3 Å². The van der Waals surface area contributed by atoms with Crippen molar-refractivity contribution in [3.8, 4) is 0 Å². The average Bonchev–Trinajstić information content (AvgIpc) is 3.11. The summed E-state index contributed by atoms with van der Waals surface area (Å²) in [6.45, 7) is 1.82. The van der Waals surface area contributed by atoms with E-state index in [2.05, 4.69) is 25.7 Å². The Hall–Kier alpha value is -2.90. The Balaban J connectivity index is 1.79. The van der Waals surface area contributed by atoms with E-state index >= 15 is 0 Å². The number of fused-ring (bicyclic) bond motifs is 1. The number of carbonyl (C=O) groups excluding carboxylic acids is 1. The third-order valence-electron chi connectivity index (χ3n) is 4.22. The number of nitrogens with one attached hydrogen (secondary N) is 2. The number of hydrogen-bond acceptors (Lipinski definition) is 5. The molecule has 136 valence electrons. The number of halogens is 2. The maximum absolute atomic E-state index is 13.1. The van der Waals surface area contributed by atoms with Gasteiger partial charge in [-0.15, -0.1) is 0 Å². The van der Waals surface area contributed by atoms with Crippen molar-refractivity contribution in [1.29, 1.82) is 0 Å². The lowest BCUT2D eigenvalue weighted by molar-refractivity contribution is -0.113. The fourth-order valence-electron chi connectivity index (χ4n) is 3.01. The molecule has 0 aliphatic carbocycles. The van der Waals surface area contributed by atoms with Crippen molar-refractivity contribution in [3.63, 3.8) is 0 Å². The zero-order valence-corrected chi connectivity index (χ0v) is 15.7. The van der Waals surface area contributed by atoms with Crippen LogP contribution in [0.5, 0.6) is 0 Å². The monoisotopic (exact) mass is 400 g/mol. The molecule has 0 unspecified atom stereocenters. The molecule has 3 heterocycles. The number of nitrogens with zero attached hydrogens (tertiary/aromatic N) is 4. The second kappa shape index (κ2) is 7.02. The van der Waals surface area contributed by atoms with Crippen LogP contribution in [-0.2, 0) is 4.79 Å². The van der Waals surface area contributed by atoms with Crippen molar-refractivity contribution in [3.05, 3.63) is 75.9 Å². The van der Waals surface area contributed by atoms with Gasteiger partial charge in [-0.25, -0.2) is 4.68 Å². The molecule has 9 heteroatoms. The van der Waals surface area contributed by atoms with E-state index in [1.165, 1.54) is 6.33 Å². The number of rotatable bonds is 3. The molecule has 1 aromatic carbocycles. The molecule has 3 aromatic rings. The quantitative estimate of drug-likeness (QED) is 0.695. The zero-order valence-electron chi connectivity index (χ0n) is 14.1. The Bertz CT molecular complexity index is 1050. The van der Waals surface area contributed by atoms with Crippen LogP contribution < -0.4 is 10.6 Å². The standard InChI is InChI=1S/C18H14Cl2N6O/c1-10-15(17(27)25-12-3-2-6-21-8-12)16(26-18(24-10)22-9-23-26)11-4-5-13(19)14(20)7-11/h2-9,16H,1H3,(H,25,27)(H,22,23,24)/t16-/m1/s1. The van der Waals surface area contributed by atoms with Crippen LogP contribution in [0.25, 0.3) is 0 Å². The number of aromatic nitrogens is 4. The maximum Gasteiger partial charge on any atom is 0.255 e. The molecule has 7 nitrogen and oxygen atoms in total. The van der Waals surface area contributed by atoms with Gasteiger partial charge in [0, 0.05) is 11.9 Å². The average molecular weight is 401 g/mol. The van der Waals surface area contributed by atoms with Crippen LogP contribution in [0.15, 0.2) is 60.3 Å². The molecule has 1 aliphatic rings. The van der Waals surface area contributed by atoms with Crippen LogP contribution in [0, 0.1) is 0 Å². The highest BCUT2D eigenvalue weighted by Gasteiger charge is 2.33. The number of anilines is 2. The van der Waals surface area contributed by atoms with Crippen molar-refractivity contribution in [1.82, 2.24) is 19.7 Å². The van der Waals surface area contributed by atoms with E-state index < -0.39 is 6.04 Å². The Labute approximate surface area is 165 Å². The van der Waals surface area contributed by atoms with Crippen molar-refractivity contribution in [2.45, 2.75) is 13.0 Å². The summed E-state index contributed by atoms with van der Waals surface area (Å²) in [6.07, 6.45) is 4.66. The zero-order chi connectivity index (χ0) is 19.0. The summed E-state index contributed by atoms with van der Waals surface area (Å²) in [5.74, 6) is 0.270. The van der Waals surface area contributed by atoms with Crippen LogP contribution in [0.2, 0.25) is 10.0 Å². The van der Waals surface area contributed by atoms with Gasteiger partial charge in [-0.3, -0.25) is 9.78 Å².